The summed E-state index contributed by atoms with van der Waals surface area (Å²) in [5, 5.41) is 9.33. The molecule has 0 N–H and O–H groups in total. The van der Waals surface area contributed by atoms with Gasteiger partial charge in [0.25, 0.3) is 0 Å². The summed E-state index contributed by atoms with van der Waals surface area (Å²) in [6.07, 6.45) is 2.09. The fourth-order valence-electron chi connectivity index (χ4n) is 4.83. The number of carbonyl (C=O) groups excluding carboxylic acids is 1. The van der Waals surface area contributed by atoms with Crippen molar-refractivity contribution in [2.24, 2.45) is 5.92 Å². The zero-order chi connectivity index (χ0) is 21.8. The molecule has 2 aromatic rings. The third kappa shape index (κ3) is 5.15. The van der Waals surface area contributed by atoms with E-state index in [0.717, 1.165) is 43.6 Å². The normalized spacial score (nSPS) is 22.8. The van der Waals surface area contributed by atoms with Gasteiger partial charge in [0.05, 0.1) is 23.8 Å². The third-order valence-electron chi connectivity index (χ3n) is 6.39. The van der Waals surface area contributed by atoms with Crippen LogP contribution in [-0.2, 0) is 16.1 Å². The molecule has 1 amide bonds. The van der Waals surface area contributed by atoms with Gasteiger partial charge >= 0.3 is 0 Å². The molecule has 31 heavy (non-hydrogen) atoms. The zero-order valence-electron chi connectivity index (χ0n) is 18.5. The van der Waals surface area contributed by atoms with Gasteiger partial charge in [-0.3, -0.25) is 9.69 Å². The topological polar surface area (TPSA) is 56.6 Å². The minimum Gasteiger partial charge on any atom is -0.372 e. The SMILES string of the molecule is CC1CN(C(=O)C2CCN(Cc3ccc(-c4ccccc4C#N)cc3)CC2)CC(C)O1. The minimum atomic E-state index is 0.121. The van der Waals surface area contributed by atoms with E-state index in [-0.39, 0.29) is 18.1 Å². The van der Waals surface area contributed by atoms with Gasteiger partial charge in [0.2, 0.25) is 5.91 Å². The molecule has 2 aliphatic heterocycles. The van der Waals surface area contributed by atoms with E-state index in [1.807, 2.05) is 43.0 Å². The van der Waals surface area contributed by atoms with Crippen LogP contribution in [0.25, 0.3) is 11.1 Å². The van der Waals surface area contributed by atoms with Crippen LogP contribution >= 0.6 is 0 Å². The number of nitriles is 1. The van der Waals surface area contributed by atoms with Crippen LogP contribution in [0.3, 0.4) is 0 Å². The lowest BCUT2D eigenvalue weighted by molar-refractivity contribution is -0.148. The van der Waals surface area contributed by atoms with E-state index in [1.165, 1.54) is 5.56 Å². The van der Waals surface area contributed by atoms with Gasteiger partial charge in [-0.2, -0.15) is 5.26 Å². The molecule has 0 saturated carbocycles. The number of carbonyl (C=O) groups is 1. The third-order valence-corrected chi connectivity index (χ3v) is 6.39. The molecule has 4 rings (SSSR count). The molecule has 0 spiro atoms. The molecule has 2 fully saturated rings. The average Bonchev–Trinajstić information content (AvgIpc) is 2.79. The van der Waals surface area contributed by atoms with Gasteiger partial charge in [-0.1, -0.05) is 42.5 Å². The zero-order valence-corrected chi connectivity index (χ0v) is 18.5. The summed E-state index contributed by atoms with van der Waals surface area (Å²) in [4.78, 5) is 17.4. The molecule has 2 aliphatic rings. The Balaban J connectivity index is 1.31. The second-order valence-electron chi connectivity index (χ2n) is 8.91. The predicted molar refractivity (Wildman–Crippen MR) is 121 cm³/mol. The van der Waals surface area contributed by atoms with Crippen molar-refractivity contribution in [2.45, 2.75) is 45.4 Å². The van der Waals surface area contributed by atoms with Gasteiger partial charge in [-0.05, 0) is 62.5 Å². The molecule has 2 atom stereocenters. The monoisotopic (exact) mass is 417 g/mol. The lowest BCUT2D eigenvalue weighted by Crippen LogP contribution is -2.51. The van der Waals surface area contributed by atoms with E-state index in [2.05, 4.69) is 35.2 Å². The number of nitrogens with zero attached hydrogens (tertiary/aromatic N) is 3. The number of hydrogen-bond donors (Lipinski definition) is 0. The molecular weight excluding hydrogens is 386 g/mol. The number of morpholine rings is 1. The number of rotatable bonds is 4. The first-order valence-electron chi connectivity index (χ1n) is 11.3. The van der Waals surface area contributed by atoms with Crippen LogP contribution < -0.4 is 0 Å². The van der Waals surface area contributed by atoms with Gasteiger partial charge in [0, 0.05) is 25.6 Å². The Morgan fingerprint density at radius 3 is 2.32 bits per heavy atom. The van der Waals surface area contributed by atoms with E-state index in [0.29, 0.717) is 24.6 Å². The lowest BCUT2D eigenvalue weighted by atomic mass is 9.94. The van der Waals surface area contributed by atoms with E-state index in [1.54, 1.807) is 0 Å². The van der Waals surface area contributed by atoms with Crippen molar-refractivity contribution in [1.29, 1.82) is 5.26 Å². The molecule has 2 aromatic carbocycles. The molecule has 0 radical (unpaired) electrons. The molecule has 0 aliphatic carbocycles. The lowest BCUT2D eigenvalue weighted by Gasteiger charge is -2.39. The molecule has 0 bridgehead atoms. The molecule has 5 heteroatoms. The standard InChI is InChI=1S/C26H31N3O2/c1-19-16-29(17-20(2)31-19)26(30)23-11-13-28(14-12-23)18-21-7-9-22(10-8-21)25-6-4-3-5-24(25)15-27/h3-10,19-20,23H,11-14,16-18H2,1-2H3. The Bertz CT molecular complexity index is 932. The first-order chi connectivity index (χ1) is 15.0. The van der Waals surface area contributed by atoms with Crippen LogP contribution in [0, 0.1) is 17.2 Å². The maximum atomic E-state index is 13.0. The number of piperidine rings is 1. The Kier molecular flexibility index (Phi) is 6.70. The van der Waals surface area contributed by atoms with Crippen molar-refractivity contribution in [3.63, 3.8) is 0 Å². The number of amides is 1. The minimum absolute atomic E-state index is 0.121. The van der Waals surface area contributed by atoms with Crippen LogP contribution in [0.4, 0.5) is 0 Å². The summed E-state index contributed by atoms with van der Waals surface area (Å²) in [7, 11) is 0. The smallest absolute Gasteiger partial charge is 0.225 e. The first-order valence-corrected chi connectivity index (χ1v) is 11.3. The summed E-state index contributed by atoms with van der Waals surface area (Å²) in [5.74, 6) is 0.445. The van der Waals surface area contributed by atoms with Crippen molar-refractivity contribution >= 4 is 5.91 Å². The second-order valence-corrected chi connectivity index (χ2v) is 8.91. The quantitative estimate of drug-likeness (QED) is 0.752. The molecule has 162 valence electrons. The van der Waals surface area contributed by atoms with E-state index in [4.69, 9.17) is 4.74 Å². The number of benzene rings is 2. The molecule has 2 unspecified atom stereocenters. The largest absolute Gasteiger partial charge is 0.372 e. The summed E-state index contributed by atoms with van der Waals surface area (Å²) < 4.78 is 5.77. The van der Waals surface area contributed by atoms with Crippen molar-refractivity contribution in [3.05, 3.63) is 59.7 Å². The molecule has 2 heterocycles. The van der Waals surface area contributed by atoms with Crippen molar-refractivity contribution in [1.82, 2.24) is 9.80 Å². The summed E-state index contributed by atoms with van der Waals surface area (Å²) in [5.41, 5.74) is 4.01. The highest BCUT2D eigenvalue weighted by molar-refractivity contribution is 5.79. The Morgan fingerprint density at radius 1 is 1.03 bits per heavy atom. The van der Waals surface area contributed by atoms with Gasteiger partial charge in [0.15, 0.2) is 0 Å². The van der Waals surface area contributed by atoms with Gasteiger partial charge in [-0.15, -0.1) is 0 Å². The highest BCUT2D eigenvalue weighted by Crippen LogP contribution is 2.26. The summed E-state index contributed by atoms with van der Waals surface area (Å²) in [6, 6.07) is 18.5. The fourth-order valence-corrected chi connectivity index (χ4v) is 4.83. The molecule has 5 nitrogen and oxygen atoms in total. The van der Waals surface area contributed by atoms with Gasteiger partial charge in [0.1, 0.15) is 0 Å². The van der Waals surface area contributed by atoms with Crippen LogP contribution in [0.5, 0.6) is 0 Å². The number of ether oxygens (including phenoxy) is 1. The Labute approximate surface area is 185 Å². The van der Waals surface area contributed by atoms with Crippen molar-refractivity contribution in [2.75, 3.05) is 26.2 Å². The van der Waals surface area contributed by atoms with Crippen molar-refractivity contribution < 1.29 is 9.53 Å². The van der Waals surface area contributed by atoms with E-state index < -0.39 is 0 Å². The van der Waals surface area contributed by atoms with E-state index in [9.17, 15) is 10.1 Å². The average molecular weight is 418 g/mol. The summed E-state index contributed by atoms with van der Waals surface area (Å²) in [6.45, 7) is 8.31. The van der Waals surface area contributed by atoms with Gasteiger partial charge < -0.3 is 9.64 Å². The van der Waals surface area contributed by atoms with Crippen molar-refractivity contribution in [3.8, 4) is 17.2 Å². The summed E-state index contributed by atoms with van der Waals surface area (Å²) >= 11 is 0. The van der Waals surface area contributed by atoms with Crippen LogP contribution in [0.2, 0.25) is 0 Å². The number of hydrogen-bond acceptors (Lipinski definition) is 4. The first kappa shape index (κ1) is 21.5. The fraction of sp³-hybridized carbons (Fsp3) is 0.462. The molecular formula is C26H31N3O2. The van der Waals surface area contributed by atoms with Crippen LogP contribution in [0.15, 0.2) is 48.5 Å². The molecule has 0 aromatic heterocycles. The second kappa shape index (κ2) is 9.64. The predicted octanol–water partition coefficient (Wildman–Crippen LogP) is 4.07. The van der Waals surface area contributed by atoms with E-state index >= 15 is 0 Å². The highest BCUT2D eigenvalue weighted by atomic mass is 16.5. The number of likely N-dealkylation sites (tertiary alicyclic amines) is 1. The Hall–Kier alpha value is -2.68. The molecule has 2 saturated heterocycles. The maximum Gasteiger partial charge on any atom is 0.225 e. The van der Waals surface area contributed by atoms with Gasteiger partial charge in [-0.25, -0.2) is 0 Å². The maximum absolute atomic E-state index is 13.0. The van der Waals surface area contributed by atoms with Crippen LogP contribution in [-0.4, -0.2) is 54.1 Å². The van der Waals surface area contributed by atoms with Crippen LogP contribution in [0.1, 0.15) is 37.8 Å². The Morgan fingerprint density at radius 2 is 1.68 bits per heavy atom. The highest BCUT2D eigenvalue weighted by Gasteiger charge is 2.32.